The van der Waals surface area contributed by atoms with Gasteiger partial charge in [-0.15, -0.1) is 0 Å². The lowest BCUT2D eigenvalue weighted by Crippen LogP contribution is -2.18. The molecule has 0 radical (unpaired) electrons. The molecule has 0 heterocycles. The highest BCUT2D eigenvalue weighted by molar-refractivity contribution is 7.99. The maximum atomic E-state index is 12.1. The van der Waals surface area contributed by atoms with E-state index in [4.69, 9.17) is 4.74 Å². The van der Waals surface area contributed by atoms with Gasteiger partial charge in [-0.1, -0.05) is 79.9 Å². The van der Waals surface area contributed by atoms with Gasteiger partial charge in [0.25, 0.3) is 0 Å². The summed E-state index contributed by atoms with van der Waals surface area (Å²) in [5.74, 6) is 2.27. The molecule has 3 nitrogen and oxygen atoms in total. The normalized spacial score (nSPS) is 12.2. The van der Waals surface area contributed by atoms with Crippen LogP contribution in [0.4, 0.5) is 0 Å². The van der Waals surface area contributed by atoms with Crippen LogP contribution in [0, 0.1) is 0 Å². The molecule has 0 aromatic heterocycles. The highest BCUT2D eigenvalue weighted by Crippen LogP contribution is 2.39. The monoisotopic (exact) mass is 422 g/mol. The van der Waals surface area contributed by atoms with Crippen molar-refractivity contribution in [2.45, 2.75) is 97.8 Å². The lowest BCUT2D eigenvalue weighted by Gasteiger charge is -2.28. The topological polar surface area (TPSA) is 46.5 Å². The molecule has 29 heavy (non-hydrogen) atoms. The van der Waals surface area contributed by atoms with E-state index in [1.807, 2.05) is 23.9 Å². The summed E-state index contributed by atoms with van der Waals surface area (Å²) in [6.45, 7) is 15.3. The molecule has 0 fully saturated rings. The first-order valence-electron chi connectivity index (χ1n) is 11.1. The summed E-state index contributed by atoms with van der Waals surface area (Å²) in [5, 5.41) is 10.8. The molecule has 0 saturated heterocycles. The first-order valence-corrected chi connectivity index (χ1v) is 12.2. The van der Waals surface area contributed by atoms with Crippen LogP contribution in [-0.4, -0.2) is 29.2 Å². The van der Waals surface area contributed by atoms with Gasteiger partial charge in [0.1, 0.15) is 12.4 Å². The van der Waals surface area contributed by atoms with Gasteiger partial charge in [-0.2, -0.15) is 11.8 Å². The van der Waals surface area contributed by atoms with E-state index in [0.29, 0.717) is 25.2 Å². The Balaban J connectivity index is 2.58. The summed E-state index contributed by atoms with van der Waals surface area (Å²) in [6.07, 6.45) is 6.12. The molecule has 0 aliphatic rings. The van der Waals surface area contributed by atoms with Gasteiger partial charge in [-0.25, -0.2) is 0 Å². The zero-order chi connectivity index (χ0) is 22.1. The average molecular weight is 423 g/mol. The fourth-order valence-electron chi connectivity index (χ4n) is 3.25. The number of carbonyl (C=O) groups excluding carboxylic acids is 1. The third-order valence-corrected chi connectivity index (χ3v) is 6.07. The van der Waals surface area contributed by atoms with Crippen LogP contribution in [0.1, 0.15) is 97.3 Å². The van der Waals surface area contributed by atoms with Crippen molar-refractivity contribution in [2.75, 3.05) is 18.1 Å². The molecule has 0 aliphatic carbocycles. The van der Waals surface area contributed by atoms with Gasteiger partial charge in [-0.05, 0) is 46.1 Å². The van der Waals surface area contributed by atoms with E-state index in [-0.39, 0.29) is 16.8 Å². The number of aryl methyl sites for hydroxylation is 1. The molecular formula is C25H42O3S. The summed E-state index contributed by atoms with van der Waals surface area (Å²) in [7, 11) is 0. The Kier molecular flexibility index (Phi) is 10.6. The molecule has 1 rings (SSSR count). The van der Waals surface area contributed by atoms with Crippen molar-refractivity contribution < 1.29 is 14.6 Å². The third kappa shape index (κ3) is 9.46. The Morgan fingerprint density at radius 1 is 0.966 bits per heavy atom. The van der Waals surface area contributed by atoms with Crippen LogP contribution in [0.3, 0.4) is 0 Å². The number of carbonyl (C=O) groups is 1. The van der Waals surface area contributed by atoms with Crippen LogP contribution in [0.25, 0.3) is 0 Å². The fourth-order valence-corrected chi connectivity index (χ4v) is 4.06. The number of aromatic hydroxyl groups is 1. The Bertz CT molecular complexity index is 603. The van der Waals surface area contributed by atoms with E-state index < -0.39 is 0 Å². The highest BCUT2D eigenvalue weighted by atomic mass is 32.2. The second-order valence-corrected chi connectivity index (χ2v) is 11.2. The number of phenols is 1. The zero-order valence-corrected chi connectivity index (χ0v) is 20.5. The number of ether oxygens (including phenoxy) is 1. The molecule has 4 heteroatoms. The van der Waals surface area contributed by atoms with Gasteiger partial charge in [0, 0.05) is 12.2 Å². The number of benzene rings is 1. The van der Waals surface area contributed by atoms with E-state index in [0.717, 1.165) is 28.2 Å². The van der Waals surface area contributed by atoms with Gasteiger partial charge < -0.3 is 9.84 Å². The summed E-state index contributed by atoms with van der Waals surface area (Å²) in [4.78, 5) is 12.1. The fraction of sp³-hybridized carbons (Fsp3) is 0.720. The number of esters is 1. The minimum Gasteiger partial charge on any atom is -0.507 e. The van der Waals surface area contributed by atoms with Crippen LogP contribution < -0.4 is 0 Å². The lowest BCUT2D eigenvalue weighted by molar-refractivity contribution is -0.142. The first kappa shape index (κ1) is 25.9. The predicted molar refractivity (Wildman–Crippen MR) is 126 cm³/mol. The van der Waals surface area contributed by atoms with Crippen molar-refractivity contribution in [3.63, 3.8) is 0 Å². The average Bonchev–Trinajstić information content (AvgIpc) is 2.61. The second-order valence-electron chi connectivity index (χ2n) is 9.93. The molecule has 1 aromatic carbocycles. The molecule has 0 amide bonds. The van der Waals surface area contributed by atoms with Crippen molar-refractivity contribution in [3.05, 3.63) is 28.8 Å². The van der Waals surface area contributed by atoms with Gasteiger partial charge >= 0.3 is 5.97 Å². The van der Waals surface area contributed by atoms with Crippen molar-refractivity contribution in [1.82, 2.24) is 0 Å². The van der Waals surface area contributed by atoms with Crippen molar-refractivity contribution in [2.24, 2.45) is 0 Å². The lowest BCUT2D eigenvalue weighted by atomic mass is 9.78. The Morgan fingerprint density at radius 2 is 1.55 bits per heavy atom. The number of unbranched alkanes of at least 4 members (excludes halogenated alkanes) is 3. The zero-order valence-electron chi connectivity index (χ0n) is 19.7. The molecular weight excluding hydrogens is 380 g/mol. The molecule has 1 aromatic rings. The van der Waals surface area contributed by atoms with Gasteiger partial charge in [-0.3, -0.25) is 4.79 Å². The van der Waals surface area contributed by atoms with E-state index in [9.17, 15) is 9.90 Å². The van der Waals surface area contributed by atoms with Gasteiger partial charge in [0.05, 0.1) is 0 Å². The highest BCUT2D eigenvalue weighted by Gasteiger charge is 2.26. The number of hydrogen-bond acceptors (Lipinski definition) is 4. The number of thioether (sulfide) groups is 1. The molecule has 0 spiro atoms. The number of rotatable bonds is 11. The minimum atomic E-state index is -0.158. The minimum absolute atomic E-state index is 0.140. The van der Waals surface area contributed by atoms with Crippen LogP contribution in [0.2, 0.25) is 0 Å². The molecule has 0 bridgehead atoms. The summed E-state index contributed by atoms with van der Waals surface area (Å²) >= 11 is 1.87. The van der Waals surface area contributed by atoms with Crippen LogP contribution in [0.15, 0.2) is 12.1 Å². The quantitative estimate of drug-likeness (QED) is 0.315. The van der Waals surface area contributed by atoms with E-state index in [1.54, 1.807) is 0 Å². The molecule has 0 atom stereocenters. The Labute approximate surface area is 183 Å². The first-order chi connectivity index (χ1) is 13.5. The van der Waals surface area contributed by atoms with Crippen molar-refractivity contribution in [3.8, 4) is 5.75 Å². The Hall–Kier alpha value is -1.16. The molecule has 0 unspecified atom stereocenters. The van der Waals surface area contributed by atoms with E-state index >= 15 is 0 Å². The summed E-state index contributed by atoms with van der Waals surface area (Å²) < 4.78 is 5.40. The van der Waals surface area contributed by atoms with E-state index in [1.165, 1.54) is 25.7 Å². The summed E-state index contributed by atoms with van der Waals surface area (Å²) in [5.41, 5.74) is 2.64. The van der Waals surface area contributed by atoms with Gasteiger partial charge in [0.15, 0.2) is 0 Å². The summed E-state index contributed by atoms with van der Waals surface area (Å²) in [6, 6.07) is 4.09. The number of phenolic OH excluding ortho intramolecular Hbond substituents is 1. The van der Waals surface area contributed by atoms with Crippen molar-refractivity contribution in [1.29, 1.82) is 0 Å². The van der Waals surface area contributed by atoms with E-state index in [2.05, 4.69) is 48.5 Å². The maximum absolute atomic E-state index is 12.1. The van der Waals surface area contributed by atoms with Crippen LogP contribution in [0.5, 0.6) is 5.75 Å². The molecule has 0 aliphatic heterocycles. The number of hydrogen-bond donors (Lipinski definition) is 1. The standard InChI is InChI=1S/C25H42O3S/c1-8-9-10-11-15-29-16-14-28-22(26)13-12-19-17-20(24(2,3)4)23(27)21(18-19)25(5,6)7/h17-18,27H,8-16H2,1-7H3. The third-order valence-electron chi connectivity index (χ3n) is 5.04. The smallest absolute Gasteiger partial charge is 0.306 e. The van der Waals surface area contributed by atoms with Gasteiger partial charge in [0.2, 0.25) is 0 Å². The Morgan fingerprint density at radius 3 is 2.07 bits per heavy atom. The molecule has 0 saturated carbocycles. The van der Waals surface area contributed by atoms with Crippen LogP contribution in [-0.2, 0) is 26.8 Å². The SMILES string of the molecule is CCCCCCSCCOC(=O)CCc1cc(C(C)(C)C)c(O)c(C(C)(C)C)c1. The van der Waals surface area contributed by atoms with Crippen LogP contribution >= 0.6 is 11.8 Å². The predicted octanol–water partition coefficient (Wildman–Crippen LogP) is 6.78. The maximum Gasteiger partial charge on any atom is 0.306 e. The largest absolute Gasteiger partial charge is 0.507 e. The molecule has 166 valence electrons. The van der Waals surface area contributed by atoms with Crippen molar-refractivity contribution >= 4 is 17.7 Å². The molecule has 1 N–H and O–H groups in total. The second kappa shape index (κ2) is 11.9.